The summed E-state index contributed by atoms with van der Waals surface area (Å²) in [5.74, 6) is 2.09. The van der Waals surface area contributed by atoms with E-state index in [2.05, 4.69) is 28.9 Å². The number of amides is 1. The molecule has 0 radical (unpaired) electrons. The van der Waals surface area contributed by atoms with Crippen molar-refractivity contribution in [1.29, 1.82) is 0 Å². The molecule has 1 aliphatic rings. The molecule has 1 aliphatic heterocycles. The van der Waals surface area contributed by atoms with Gasteiger partial charge in [-0.1, -0.05) is 13.8 Å². The van der Waals surface area contributed by atoms with Gasteiger partial charge in [0.1, 0.15) is 17.3 Å². The van der Waals surface area contributed by atoms with Crippen molar-refractivity contribution >= 4 is 17.2 Å². The Labute approximate surface area is 140 Å². The Morgan fingerprint density at radius 2 is 2.13 bits per heavy atom. The van der Waals surface area contributed by atoms with Crippen LogP contribution in [0.5, 0.6) is 0 Å². The third kappa shape index (κ3) is 3.29. The molecule has 1 amide bonds. The quantitative estimate of drug-likeness (QED) is 0.866. The van der Waals surface area contributed by atoms with Crippen LogP contribution in [-0.4, -0.2) is 43.6 Å². The SMILES string of the molecule is Cc1nc(C)n(C2CCCN(C(=O)c3csc(C(C)C)n3)C2)n1. The number of hydrogen-bond donors (Lipinski definition) is 0. The van der Waals surface area contributed by atoms with Gasteiger partial charge in [0, 0.05) is 24.4 Å². The van der Waals surface area contributed by atoms with Gasteiger partial charge in [0.25, 0.3) is 5.91 Å². The standard InChI is InChI=1S/C16H23N5OS/c1-10(2)15-18-14(9-23-15)16(22)20-7-5-6-13(8-20)21-12(4)17-11(3)19-21/h9-10,13H,5-8H2,1-4H3. The van der Waals surface area contributed by atoms with Gasteiger partial charge in [-0.3, -0.25) is 4.79 Å². The van der Waals surface area contributed by atoms with Crippen LogP contribution in [0.4, 0.5) is 0 Å². The fourth-order valence-electron chi connectivity index (χ4n) is 3.03. The third-order valence-corrected chi connectivity index (χ3v) is 5.32. The zero-order valence-electron chi connectivity index (χ0n) is 14.1. The maximum absolute atomic E-state index is 12.7. The van der Waals surface area contributed by atoms with Crippen LogP contribution in [-0.2, 0) is 0 Å². The topological polar surface area (TPSA) is 63.9 Å². The van der Waals surface area contributed by atoms with E-state index in [1.54, 1.807) is 11.3 Å². The molecule has 2 aromatic heterocycles. The van der Waals surface area contributed by atoms with E-state index in [-0.39, 0.29) is 11.9 Å². The molecule has 1 atom stereocenters. The van der Waals surface area contributed by atoms with Gasteiger partial charge in [-0.2, -0.15) is 5.10 Å². The van der Waals surface area contributed by atoms with Crippen LogP contribution in [0.1, 0.15) is 65.8 Å². The minimum atomic E-state index is 0.0346. The van der Waals surface area contributed by atoms with Crippen molar-refractivity contribution in [2.75, 3.05) is 13.1 Å². The molecule has 3 heterocycles. The zero-order chi connectivity index (χ0) is 16.6. The molecule has 6 nitrogen and oxygen atoms in total. The van der Waals surface area contributed by atoms with E-state index in [0.717, 1.165) is 36.0 Å². The molecule has 1 fully saturated rings. The Balaban J connectivity index is 1.75. The zero-order valence-corrected chi connectivity index (χ0v) is 14.9. The average molecular weight is 333 g/mol. The molecule has 2 aromatic rings. The highest BCUT2D eigenvalue weighted by Crippen LogP contribution is 2.25. The second kappa shape index (κ2) is 6.39. The lowest BCUT2D eigenvalue weighted by Crippen LogP contribution is -2.41. The summed E-state index contributed by atoms with van der Waals surface area (Å²) in [4.78, 5) is 23.5. The largest absolute Gasteiger partial charge is 0.335 e. The van der Waals surface area contributed by atoms with Crippen LogP contribution in [0.2, 0.25) is 0 Å². The van der Waals surface area contributed by atoms with Gasteiger partial charge in [-0.25, -0.2) is 14.6 Å². The molecule has 0 aliphatic carbocycles. The average Bonchev–Trinajstić information content (AvgIpc) is 3.13. The predicted octanol–water partition coefficient (Wildman–Crippen LogP) is 2.95. The first-order chi connectivity index (χ1) is 11.0. The smallest absolute Gasteiger partial charge is 0.273 e. The molecular formula is C16H23N5OS. The van der Waals surface area contributed by atoms with E-state index < -0.39 is 0 Å². The summed E-state index contributed by atoms with van der Waals surface area (Å²) in [5.41, 5.74) is 0.575. The molecule has 23 heavy (non-hydrogen) atoms. The number of carbonyl (C=O) groups excluding carboxylic acids is 1. The number of hydrogen-bond acceptors (Lipinski definition) is 5. The molecule has 0 saturated carbocycles. The van der Waals surface area contributed by atoms with Crippen molar-refractivity contribution in [3.8, 4) is 0 Å². The van der Waals surface area contributed by atoms with E-state index in [9.17, 15) is 4.79 Å². The van der Waals surface area contributed by atoms with E-state index in [0.29, 0.717) is 18.2 Å². The van der Waals surface area contributed by atoms with Gasteiger partial charge >= 0.3 is 0 Å². The lowest BCUT2D eigenvalue weighted by atomic mass is 10.1. The molecule has 124 valence electrons. The first kappa shape index (κ1) is 16.1. The van der Waals surface area contributed by atoms with Gasteiger partial charge < -0.3 is 4.90 Å². The second-order valence-electron chi connectivity index (χ2n) is 6.42. The van der Waals surface area contributed by atoms with Gasteiger partial charge in [0.2, 0.25) is 0 Å². The number of piperidine rings is 1. The summed E-state index contributed by atoms with van der Waals surface area (Å²) < 4.78 is 1.97. The van der Waals surface area contributed by atoms with E-state index >= 15 is 0 Å². The summed E-state index contributed by atoms with van der Waals surface area (Å²) in [6.07, 6.45) is 2.01. The number of likely N-dealkylation sites (tertiary alicyclic amines) is 1. The second-order valence-corrected chi connectivity index (χ2v) is 7.31. The van der Waals surface area contributed by atoms with Crippen LogP contribution in [0.15, 0.2) is 5.38 Å². The first-order valence-corrected chi connectivity index (χ1v) is 8.98. The summed E-state index contributed by atoms with van der Waals surface area (Å²) >= 11 is 1.57. The van der Waals surface area contributed by atoms with Crippen LogP contribution in [0.3, 0.4) is 0 Å². The van der Waals surface area contributed by atoms with E-state index in [4.69, 9.17) is 0 Å². The Morgan fingerprint density at radius 1 is 1.35 bits per heavy atom. The van der Waals surface area contributed by atoms with Crippen molar-refractivity contribution in [3.63, 3.8) is 0 Å². The van der Waals surface area contributed by atoms with Gasteiger partial charge in [0.05, 0.1) is 11.0 Å². The number of thiazole rings is 1. The molecule has 0 spiro atoms. The lowest BCUT2D eigenvalue weighted by Gasteiger charge is -2.32. The number of nitrogens with zero attached hydrogens (tertiary/aromatic N) is 5. The molecule has 0 N–H and O–H groups in total. The highest BCUT2D eigenvalue weighted by Gasteiger charge is 2.28. The Kier molecular flexibility index (Phi) is 4.48. The van der Waals surface area contributed by atoms with Crippen molar-refractivity contribution in [3.05, 3.63) is 27.7 Å². The highest BCUT2D eigenvalue weighted by molar-refractivity contribution is 7.09. The van der Waals surface area contributed by atoms with Crippen molar-refractivity contribution < 1.29 is 4.79 Å². The molecule has 0 bridgehead atoms. The van der Waals surface area contributed by atoms with E-state index in [1.165, 1.54) is 0 Å². The number of aryl methyl sites for hydroxylation is 2. The predicted molar refractivity (Wildman–Crippen MR) is 89.9 cm³/mol. The van der Waals surface area contributed by atoms with Crippen LogP contribution in [0, 0.1) is 13.8 Å². The minimum absolute atomic E-state index is 0.0346. The Morgan fingerprint density at radius 3 is 2.74 bits per heavy atom. The summed E-state index contributed by atoms with van der Waals surface area (Å²) in [6.45, 7) is 9.53. The van der Waals surface area contributed by atoms with Crippen molar-refractivity contribution in [1.82, 2.24) is 24.6 Å². The summed E-state index contributed by atoms with van der Waals surface area (Å²) in [7, 11) is 0. The minimum Gasteiger partial charge on any atom is -0.335 e. The Bertz CT molecular complexity index is 705. The van der Waals surface area contributed by atoms with E-state index in [1.807, 2.05) is 28.8 Å². The normalized spacial score (nSPS) is 18.7. The van der Waals surface area contributed by atoms with Gasteiger partial charge in [0.15, 0.2) is 0 Å². The number of aromatic nitrogens is 4. The van der Waals surface area contributed by atoms with Crippen molar-refractivity contribution in [2.24, 2.45) is 0 Å². The molecule has 7 heteroatoms. The summed E-state index contributed by atoms with van der Waals surface area (Å²) in [6, 6.07) is 0.206. The van der Waals surface area contributed by atoms with Crippen LogP contribution >= 0.6 is 11.3 Å². The maximum Gasteiger partial charge on any atom is 0.273 e. The number of carbonyl (C=O) groups is 1. The monoisotopic (exact) mass is 333 g/mol. The molecule has 3 rings (SSSR count). The maximum atomic E-state index is 12.7. The highest BCUT2D eigenvalue weighted by atomic mass is 32.1. The van der Waals surface area contributed by atoms with Crippen LogP contribution in [0.25, 0.3) is 0 Å². The van der Waals surface area contributed by atoms with Crippen molar-refractivity contribution in [2.45, 2.75) is 52.5 Å². The van der Waals surface area contributed by atoms with Gasteiger partial charge in [-0.15, -0.1) is 11.3 Å². The Hall–Kier alpha value is -1.76. The third-order valence-electron chi connectivity index (χ3n) is 4.17. The van der Waals surface area contributed by atoms with Gasteiger partial charge in [-0.05, 0) is 26.7 Å². The molecule has 0 aromatic carbocycles. The first-order valence-electron chi connectivity index (χ1n) is 8.10. The number of rotatable bonds is 3. The molecule has 1 saturated heterocycles. The molecule has 1 unspecified atom stereocenters. The fraction of sp³-hybridized carbons (Fsp3) is 0.625. The summed E-state index contributed by atoms with van der Waals surface area (Å²) in [5, 5.41) is 7.38. The fourth-order valence-corrected chi connectivity index (χ4v) is 3.84. The molecular weight excluding hydrogens is 310 g/mol. The lowest BCUT2D eigenvalue weighted by molar-refractivity contribution is 0.0666. The van der Waals surface area contributed by atoms with Crippen LogP contribution < -0.4 is 0 Å².